The molecule has 0 aliphatic carbocycles. The van der Waals surface area contributed by atoms with Gasteiger partial charge < -0.3 is 19.4 Å². The Hall–Kier alpha value is -3.38. The maximum absolute atomic E-state index is 14.9. The second-order valence-electron chi connectivity index (χ2n) is 9.38. The summed E-state index contributed by atoms with van der Waals surface area (Å²) in [5.41, 5.74) is 3.00. The Morgan fingerprint density at radius 1 is 1.18 bits per heavy atom. The molecule has 1 amide bonds. The van der Waals surface area contributed by atoms with Gasteiger partial charge >= 0.3 is 0 Å². The van der Waals surface area contributed by atoms with E-state index in [9.17, 15) is 14.0 Å². The van der Waals surface area contributed by atoms with Crippen molar-refractivity contribution in [3.8, 4) is 5.75 Å². The molecule has 2 aromatic heterocycles. The number of benzene rings is 2. The van der Waals surface area contributed by atoms with Crippen molar-refractivity contribution in [2.75, 3.05) is 20.3 Å². The number of nitrogens with one attached hydrogen (secondary N) is 1. The van der Waals surface area contributed by atoms with Crippen molar-refractivity contribution < 1.29 is 18.7 Å². The molecule has 2 unspecified atom stereocenters. The summed E-state index contributed by atoms with van der Waals surface area (Å²) in [4.78, 5) is 25.3. The number of rotatable bonds is 9. The normalized spacial score (nSPS) is 13.2. The predicted molar refractivity (Wildman–Crippen MR) is 154 cm³/mol. The summed E-state index contributed by atoms with van der Waals surface area (Å²) in [5.74, 6) is 0.113. The Balaban J connectivity index is 1.33. The molecule has 0 spiro atoms. The van der Waals surface area contributed by atoms with E-state index >= 15 is 0 Å². The number of carbonyl (C=O) groups is 1. The van der Waals surface area contributed by atoms with Gasteiger partial charge in [-0.3, -0.25) is 14.3 Å². The fourth-order valence-corrected chi connectivity index (χ4v) is 5.47. The molecule has 202 valence electrons. The molecular weight excluding hydrogens is 537 g/mol. The fourth-order valence-electron chi connectivity index (χ4n) is 4.47. The van der Waals surface area contributed by atoms with Crippen molar-refractivity contribution in [1.29, 1.82) is 0 Å². The molecule has 0 radical (unpaired) electrons. The highest BCUT2D eigenvalue weighted by Gasteiger charge is 2.29. The first-order chi connectivity index (χ1) is 18.8. The van der Waals surface area contributed by atoms with Gasteiger partial charge in [-0.05, 0) is 34.6 Å². The van der Waals surface area contributed by atoms with Crippen LogP contribution in [-0.4, -0.2) is 40.6 Å². The minimum absolute atomic E-state index is 0.0294. The number of methoxy groups -OCH3 is 1. The Bertz CT molecular complexity index is 1580. The minimum Gasteiger partial charge on any atom is -0.496 e. The molecule has 1 N–H and O–H groups in total. The van der Waals surface area contributed by atoms with Gasteiger partial charge in [-0.15, -0.1) is 18.5 Å². The Kier molecular flexibility index (Phi) is 8.22. The molecule has 0 bridgehead atoms. The van der Waals surface area contributed by atoms with Crippen molar-refractivity contribution in [3.05, 3.63) is 105 Å². The number of halogens is 1. The highest BCUT2D eigenvalue weighted by molar-refractivity contribution is 7.30. The molecule has 2 atom stereocenters. The molecule has 3 heterocycles. The van der Waals surface area contributed by atoms with E-state index in [4.69, 9.17) is 9.47 Å². The zero-order chi connectivity index (χ0) is 27.5. The second kappa shape index (κ2) is 11.8. The predicted octanol–water partition coefficient (Wildman–Crippen LogP) is 2.33. The lowest BCUT2D eigenvalue weighted by Gasteiger charge is -2.25. The van der Waals surface area contributed by atoms with Crippen LogP contribution in [0.3, 0.4) is 0 Å². The van der Waals surface area contributed by atoms with Crippen molar-refractivity contribution >= 4 is 35.0 Å². The van der Waals surface area contributed by atoms with Gasteiger partial charge in [0.25, 0.3) is 11.5 Å². The van der Waals surface area contributed by atoms with E-state index in [1.807, 2.05) is 18.2 Å². The van der Waals surface area contributed by atoms with Gasteiger partial charge in [0.1, 0.15) is 11.6 Å². The lowest BCUT2D eigenvalue weighted by molar-refractivity contribution is 0.00620. The standard InChI is InChI=1S/C28H29FN4O4P2/c1-36-23-7-8-24(38)20(27(23)39)11-30-28(35)21-14-33(31-26(21)19-15-37-16-19)12-17-5-6-18(22(29)10-17)13-32-9-3-2-4-25(32)34/h2-10,14,19H,11-13,15-16,38-39H2,1H3,(H,30,35). The molecular formula is C28H29FN4O4P2. The third-order valence-corrected chi connectivity index (χ3v) is 7.93. The first kappa shape index (κ1) is 27.2. The summed E-state index contributed by atoms with van der Waals surface area (Å²) in [6.07, 6.45) is 3.33. The summed E-state index contributed by atoms with van der Waals surface area (Å²) < 4.78 is 28.8. The van der Waals surface area contributed by atoms with Gasteiger partial charge in [-0.25, -0.2) is 4.39 Å². The third kappa shape index (κ3) is 5.96. The van der Waals surface area contributed by atoms with Crippen LogP contribution in [0.2, 0.25) is 0 Å². The average molecular weight is 567 g/mol. The molecule has 39 heavy (non-hydrogen) atoms. The van der Waals surface area contributed by atoms with Crippen molar-refractivity contribution in [3.63, 3.8) is 0 Å². The monoisotopic (exact) mass is 566 g/mol. The van der Waals surface area contributed by atoms with Gasteiger partial charge in [0.15, 0.2) is 0 Å². The molecule has 1 fully saturated rings. The van der Waals surface area contributed by atoms with Crippen LogP contribution in [0.15, 0.2) is 65.7 Å². The Morgan fingerprint density at radius 2 is 2.00 bits per heavy atom. The number of nitrogens with zero attached hydrogens (tertiary/aromatic N) is 3. The average Bonchev–Trinajstić information content (AvgIpc) is 3.28. The van der Waals surface area contributed by atoms with Gasteiger partial charge in [0, 0.05) is 35.9 Å². The topological polar surface area (TPSA) is 87.4 Å². The molecule has 0 saturated carbocycles. The van der Waals surface area contributed by atoms with Crippen molar-refractivity contribution in [2.45, 2.75) is 25.6 Å². The van der Waals surface area contributed by atoms with E-state index in [1.165, 1.54) is 16.7 Å². The highest BCUT2D eigenvalue weighted by Crippen LogP contribution is 2.26. The van der Waals surface area contributed by atoms with E-state index in [1.54, 1.807) is 42.4 Å². The van der Waals surface area contributed by atoms with Crippen LogP contribution in [-0.2, 0) is 24.4 Å². The van der Waals surface area contributed by atoms with Crippen LogP contribution >= 0.6 is 18.5 Å². The Morgan fingerprint density at radius 3 is 2.69 bits per heavy atom. The summed E-state index contributed by atoms with van der Waals surface area (Å²) in [6, 6.07) is 13.6. The van der Waals surface area contributed by atoms with Gasteiger partial charge in [-0.2, -0.15) is 5.10 Å². The molecule has 2 aromatic carbocycles. The zero-order valence-corrected chi connectivity index (χ0v) is 23.7. The number of hydrogen-bond acceptors (Lipinski definition) is 5. The maximum atomic E-state index is 14.9. The minimum atomic E-state index is -0.402. The van der Waals surface area contributed by atoms with Crippen LogP contribution < -0.4 is 26.2 Å². The molecule has 1 aliphatic rings. The lowest BCUT2D eigenvalue weighted by Crippen LogP contribution is -2.31. The van der Waals surface area contributed by atoms with Gasteiger partial charge in [0.2, 0.25) is 0 Å². The van der Waals surface area contributed by atoms with Crippen molar-refractivity contribution in [2.24, 2.45) is 0 Å². The van der Waals surface area contributed by atoms with Crippen LogP contribution in [0.25, 0.3) is 0 Å². The highest BCUT2D eigenvalue weighted by atomic mass is 31.0. The van der Waals surface area contributed by atoms with Gasteiger partial charge in [-0.1, -0.05) is 24.3 Å². The maximum Gasteiger partial charge on any atom is 0.255 e. The number of pyridine rings is 1. The SMILES string of the molecule is COc1ccc(P)c(CNC(=O)c2cn(Cc3ccc(Cn4ccccc4=O)c(F)c3)nc2C2COC2)c1P. The zero-order valence-electron chi connectivity index (χ0n) is 21.4. The van der Waals surface area contributed by atoms with E-state index in [0.29, 0.717) is 42.1 Å². The third-order valence-electron chi connectivity index (χ3n) is 6.76. The fraction of sp³-hybridized carbons (Fsp3) is 0.250. The van der Waals surface area contributed by atoms with E-state index < -0.39 is 5.82 Å². The van der Waals surface area contributed by atoms with Crippen LogP contribution in [0.5, 0.6) is 5.75 Å². The van der Waals surface area contributed by atoms with E-state index in [-0.39, 0.29) is 30.5 Å². The number of ether oxygens (including phenoxy) is 2. The molecule has 11 heteroatoms. The Labute approximate surface area is 229 Å². The van der Waals surface area contributed by atoms with Crippen LogP contribution in [0.1, 0.15) is 38.7 Å². The first-order valence-electron chi connectivity index (χ1n) is 12.4. The van der Waals surface area contributed by atoms with Crippen LogP contribution in [0.4, 0.5) is 4.39 Å². The molecule has 4 aromatic rings. The molecule has 1 aliphatic heterocycles. The molecule has 8 nitrogen and oxygen atoms in total. The number of carbonyl (C=O) groups excluding carboxylic acids is 1. The number of aromatic nitrogens is 3. The van der Waals surface area contributed by atoms with E-state index in [2.05, 4.69) is 28.9 Å². The van der Waals surface area contributed by atoms with E-state index in [0.717, 1.165) is 21.9 Å². The second-order valence-corrected chi connectivity index (χ2v) is 10.6. The quantitative estimate of drug-likeness (QED) is 0.315. The van der Waals surface area contributed by atoms with Crippen molar-refractivity contribution in [1.82, 2.24) is 19.7 Å². The summed E-state index contributed by atoms with van der Waals surface area (Å²) in [5, 5.41) is 9.54. The first-order valence-corrected chi connectivity index (χ1v) is 13.6. The molecule has 1 saturated heterocycles. The number of amides is 1. The van der Waals surface area contributed by atoms with Gasteiger partial charge in [0.05, 0.1) is 50.6 Å². The summed E-state index contributed by atoms with van der Waals surface area (Å²) >= 11 is 0. The molecule has 5 rings (SSSR count). The largest absolute Gasteiger partial charge is 0.496 e. The summed E-state index contributed by atoms with van der Waals surface area (Å²) in [7, 11) is 6.97. The lowest BCUT2D eigenvalue weighted by atomic mass is 10.00. The summed E-state index contributed by atoms with van der Waals surface area (Å²) in [6.45, 7) is 1.75. The smallest absolute Gasteiger partial charge is 0.255 e. The number of hydrogen-bond donors (Lipinski definition) is 1. The van der Waals surface area contributed by atoms with Crippen LogP contribution in [0, 0.1) is 5.82 Å².